The number of rotatable bonds is 6. The highest BCUT2D eigenvalue weighted by Crippen LogP contribution is 2.43. The smallest absolute Gasteiger partial charge is 0.152 e. The van der Waals surface area contributed by atoms with E-state index in [1.165, 1.54) is 0 Å². The van der Waals surface area contributed by atoms with Crippen LogP contribution in [-0.4, -0.2) is 15.8 Å². The van der Waals surface area contributed by atoms with E-state index in [9.17, 15) is 5.26 Å². The molecule has 0 bridgehead atoms. The van der Waals surface area contributed by atoms with Crippen LogP contribution in [0.1, 0.15) is 16.7 Å². The van der Waals surface area contributed by atoms with Crippen molar-refractivity contribution in [3.8, 4) is 28.5 Å². The lowest BCUT2D eigenvalue weighted by Gasteiger charge is -2.13. The van der Waals surface area contributed by atoms with Crippen molar-refractivity contribution in [2.75, 3.05) is 0 Å². The lowest BCUT2D eigenvalue weighted by atomic mass is 9.98. The topological polar surface area (TPSA) is 54.0 Å². The molecule has 0 aliphatic heterocycles. The largest absolute Gasteiger partial charge is 0.320 e. The molecule has 5 rings (SSSR count). The van der Waals surface area contributed by atoms with Gasteiger partial charge in [-0.25, -0.2) is 4.99 Å². The zero-order chi connectivity index (χ0) is 23.2. The molecule has 0 atom stereocenters. The normalized spacial score (nSPS) is 10.9. The summed E-state index contributed by atoms with van der Waals surface area (Å²) < 4.78 is 2.15. The predicted molar refractivity (Wildman–Crippen MR) is 137 cm³/mol. The highest BCUT2D eigenvalue weighted by Gasteiger charge is 2.25. The molecule has 5 aromatic rings. The Morgan fingerprint density at radius 1 is 0.794 bits per heavy atom. The lowest BCUT2D eigenvalue weighted by molar-refractivity contribution is 0.816. The molecule has 34 heavy (non-hydrogen) atoms. The number of pyridine rings is 1. The second-order valence-corrected chi connectivity index (χ2v) is 7.88. The Bertz CT molecular complexity index is 1450. The monoisotopic (exact) mass is 438 g/mol. The highest BCUT2D eigenvalue weighted by molar-refractivity contribution is 5.92. The summed E-state index contributed by atoms with van der Waals surface area (Å²) in [6.07, 6.45) is 5.27. The second-order valence-electron chi connectivity index (χ2n) is 7.88. The summed E-state index contributed by atoms with van der Waals surface area (Å²) in [4.78, 5) is 9.04. The number of aliphatic imine (C=N–C) groups is 1. The Hall–Kier alpha value is -4.75. The van der Waals surface area contributed by atoms with Crippen LogP contribution < -0.4 is 0 Å². The maximum Gasteiger partial charge on any atom is 0.152 e. The van der Waals surface area contributed by atoms with Crippen LogP contribution in [0.2, 0.25) is 0 Å². The summed E-state index contributed by atoms with van der Waals surface area (Å²) in [6.45, 7) is 0.590. The van der Waals surface area contributed by atoms with Crippen molar-refractivity contribution in [1.82, 2.24) is 9.55 Å². The maximum absolute atomic E-state index is 10.4. The van der Waals surface area contributed by atoms with Crippen molar-refractivity contribution in [1.29, 1.82) is 5.26 Å². The van der Waals surface area contributed by atoms with E-state index >= 15 is 0 Å². The van der Waals surface area contributed by atoms with Crippen molar-refractivity contribution in [3.63, 3.8) is 0 Å². The van der Waals surface area contributed by atoms with Crippen molar-refractivity contribution in [2.45, 2.75) is 6.54 Å². The molecule has 0 saturated carbocycles. The van der Waals surface area contributed by atoms with E-state index in [1.54, 1.807) is 18.6 Å². The third-order valence-corrected chi connectivity index (χ3v) is 5.66. The second kappa shape index (κ2) is 9.81. The van der Waals surface area contributed by atoms with Crippen LogP contribution >= 0.6 is 0 Å². The molecule has 4 heteroatoms. The zero-order valence-electron chi connectivity index (χ0n) is 18.5. The number of benzene rings is 3. The van der Waals surface area contributed by atoms with Gasteiger partial charge in [0.05, 0.1) is 5.69 Å². The van der Waals surface area contributed by atoms with Crippen LogP contribution in [0.4, 0.5) is 5.82 Å². The number of aromatic nitrogens is 2. The van der Waals surface area contributed by atoms with Crippen molar-refractivity contribution < 1.29 is 0 Å². The molecule has 0 aliphatic rings. The fourth-order valence-electron chi connectivity index (χ4n) is 4.14. The fraction of sp³-hybridized carbons (Fsp3) is 0.0333. The van der Waals surface area contributed by atoms with E-state index in [2.05, 4.69) is 39.9 Å². The van der Waals surface area contributed by atoms with Crippen LogP contribution in [0.25, 0.3) is 22.4 Å². The molecule has 0 N–H and O–H groups in total. The Labute approximate surface area is 199 Å². The number of nitrogens with zero attached hydrogens (tertiary/aromatic N) is 4. The molecule has 162 valence electrons. The number of nitriles is 1. The van der Waals surface area contributed by atoms with Gasteiger partial charge in [0.2, 0.25) is 0 Å². The summed E-state index contributed by atoms with van der Waals surface area (Å²) in [5.41, 5.74) is 6.47. The van der Waals surface area contributed by atoms with E-state index < -0.39 is 0 Å². The number of hydrogen-bond donors (Lipinski definition) is 0. The highest BCUT2D eigenvalue weighted by atomic mass is 15.1. The molecule has 0 aliphatic carbocycles. The molecular formula is C30H22N4. The average Bonchev–Trinajstić information content (AvgIpc) is 3.22. The van der Waals surface area contributed by atoms with Gasteiger partial charge in [-0.1, -0.05) is 97.1 Å². The van der Waals surface area contributed by atoms with E-state index in [0.717, 1.165) is 33.5 Å². The first-order valence-corrected chi connectivity index (χ1v) is 11.1. The van der Waals surface area contributed by atoms with Gasteiger partial charge in [-0.3, -0.25) is 4.98 Å². The van der Waals surface area contributed by atoms with Crippen LogP contribution in [0, 0.1) is 11.3 Å². The van der Waals surface area contributed by atoms with Gasteiger partial charge in [-0.2, -0.15) is 5.26 Å². The molecule has 3 aromatic carbocycles. The summed E-state index contributed by atoms with van der Waals surface area (Å²) in [7, 11) is 0. The summed E-state index contributed by atoms with van der Waals surface area (Å²) in [5, 5.41) is 10.4. The van der Waals surface area contributed by atoms with Crippen LogP contribution in [0.3, 0.4) is 0 Å². The van der Waals surface area contributed by atoms with Gasteiger partial charge >= 0.3 is 0 Å². The Morgan fingerprint density at radius 3 is 2.06 bits per heavy atom. The first-order chi connectivity index (χ1) is 16.8. The van der Waals surface area contributed by atoms with Crippen molar-refractivity contribution in [2.24, 2.45) is 4.99 Å². The minimum absolute atomic E-state index is 0.557. The summed E-state index contributed by atoms with van der Waals surface area (Å²) in [6, 6.07) is 36.8. The van der Waals surface area contributed by atoms with E-state index in [0.29, 0.717) is 17.9 Å². The maximum atomic E-state index is 10.4. The summed E-state index contributed by atoms with van der Waals surface area (Å²) >= 11 is 0. The van der Waals surface area contributed by atoms with Crippen LogP contribution in [-0.2, 0) is 6.54 Å². The third-order valence-electron chi connectivity index (χ3n) is 5.66. The van der Waals surface area contributed by atoms with Crippen LogP contribution in [0.15, 0.2) is 121 Å². The van der Waals surface area contributed by atoms with E-state index in [4.69, 9.17) is 4.99 Å². The molecule has 0 unspecified atom stereocenters. The average molecular weight is 439 g/mol. The molecule has 0 saturated heterocycles. The Morgan fingerprint density at radius 2 is 1.44 bits per heavy atom. The summed E-state index contributed by atoms with van der Waals surface area (Å²) in [5.74, 6) is 0.632. The van der Waals surface area contributed by atoms with Gasteiger partial charge in [-0.15, -0.1) is 0 Å². The van der Waals surface area contributed by atoms with E-state index in [-0.39, 0.29) is 0 Å². The molecule has 2 aromatic heterocycles. The molecule has 0 radical (unpaired) electrons. The molecule has 0 amide bonds. The lowest BCUT2D eigenvalue weighted by Crippen LogP contribution is -2.02. The third kappa shape index (κ3) is 4.28. The van der Waals surface area contributed by atoms with Gasteiger partial charge < -0.3 is 4.57 Å². The fourth-order valence-corrected chi connectivity index (χ4v) is 4.14. The predicted octanol–water partition coefficient (Wildman–Crippen LogP) is 6.89. The van der Waals surface area contributed by atoms with Gasteiger partial charge in [0.25, 0.3) is 0 Å². The SMILES string of the molecule is N#Cc1c(-c2ccccc2)c(-c2ccccc2)n(Cc2ccccc2)c1/N=C/c1cccnc1. The van der Waals surface area contributed by atoms with Crippen LogP contribution in [0.5, 0.6) is 0 Å². The first kappa shape index (κ1) is 21.1. The standard InChI is InChI=1S/C30H22N4/c31-19-27-28(25-14-6-2-7-15-25)29(26-16-8-3-9-17-26)34(22-23-11-4-1-5-12-23)30(27)33-21-24-13-10-18-32-20-24/h1-18,20-21H,22H2/b33-21+. The molecule has 2 heterocycles. The van der Waals surface area contributed by atoms with Crippen molar-refractivity contribution in [3.05, 3.63) is 132 Å². The molecular weight excluding hydrogens is 416 g/mol. The van der Waals surface area contributed by atoms with E-state index in [1.807, 2.05) is 78.9 Å². The minimum atomic E-state index is 0.557. The molecule has 0 spiro atoms. The Balaban J connectivity index is 1.81. The van der Waals surface area contributed by atoms with Gasteiger partial charge in [0.1, 0.15) is 11.6 Å². The molecule has 0 fully saturated rings. The van der Waals surface area contributed by atoms with Gasteiger partial charge in [0.15, 0.2) is 5.82 Å². The van der Waals surface area contributed by atoms with Crippen molar-refractivity contribution >= 4 is 12.0 Å². The van der Waals surface area contributed by atoms with Gasteiger partial charge in [0, 0.05) is 36.3 Å². The van der Waals surface area contributed by atoms with Gasteiger partial charge in [-0.05, 0) is 22.8 Å². The zero-order valence-corrected chi connectivity index (χ0v) is 18.5. The molecule has 4 nitrogen and oxygen atoms in total. The first-order valence-electron chi connectivity index (χ1n) is 11.1. The Kier molecular flexibility index (Phi) is 6.09. The quantitative estimate of drug-likeness (QED) is 0.271. The minimum Gasteiger partial charge on any atom is -0.320 e. The number of hydrogen-bond acceptors (Lipinski definition) is 3.